The van der Waals surface area contributed by atoms with Gasteiger partial charge in [0.2, 0.25) is 0 Å². The van der Waals surface area contributed by atoms with Crippen LogP contribution in [-0.4, -0.2) is 36.6 Å². The molecule has 0 unspecified atom stereocenters. The maximum Gasteiger partial charge on any atom is 0.0372 e. The molecule has 0 amide bonds. The minimum absolute atomic E-state index is 0.397. The first-order chi connectivity index (χ1) is 20.3. The number of aryl methyl sites for hydroxylation is 1. The van der Waals surface area contributed by atoms with Crippen LogP contribution in [0, 0.1) is 42.9 Å². The number of terminal acetylenes is 1. The zero-order chi connectivity index (χ0) is 29.4. The highest BCUT2D eigenvalue weighted by molar-refractivity contribution is 5.93. The lowest BCUT2D eigenvalue weighted by Gasteiger charge is -2.54. The van der Waals surface area contributed by atoms with E-state index in [0.29, 0.717) is 11.5 Å². The summed E-state index contributed by atoms with van der Waals surface area (Å²) < 4.78 is 0. The number of hydrogen-bond donors (Lipinski definition) is 0. The zero-order valence-corrected chi connectivity index (χ0v) is 27.1. The first kappa shape index (κ1) is 29.6. The predicted molar refractivity (Wildman–Crippen MR) is 181 cm³/mol. The summed E-state index contributed by atoms with van der Waals surface area (Å²) in [5, 5.41) is 0. The van der Waals surface area contributed by atoms with Crippen molar-refractivity contribution in [3.8, 4) is 12.3 Å². The minimum atomic E-state index is 0.397. The van der Waals surface area contributed by atoms with Gasteiger partial charge in [0.05, 0.1) is 0 Å². The van der Waals surface area contributed by atoms with Crippen molar-refractivity contribution < 1.29 is 0 Å². The number of anilines is 1. The number of allylic oxidation sites excluding steroid dienone is 1. The van der Waals surface area contributed by atoms with E-state index in [2.05, 4.69) is 92.8 Å². The minimum Gasteiger partial charge on any atom is -0.371 e. The van der Waals surface area contributed by atoms with Gasteiger partial charge in [-0.15, -0.1) is 6.42 Å². The molecule has 0 aromatic heterocycles. The molecule has 3 fully saturated rings. The van der Waals surface area contributed by atoms with Gasteiger partial charge in [-0.1, -0.05) is 51.8 Å². The van der Waals surface area contributed by atoms with Crippen LogP contribution in [0.4, 0.5) is 5.69 Å². The Morgan fingerprint density at radius 1 is 0.952 bits per heavy atom. The van der Waals surface area contributed by atoms with Crippen LogP contribution in [0.5, 0.6) is 0 Å². The molecule has 1 saturated carbocycles. The van der Waals surface area contributed by atoms with Crippen LogP contribution in [-0.2, 0) is 0 Å². The largest absolute Gasteiger partial charge is 0.371 e. The van der Waals surface area contributed by atoms with Gasteiger partial charge in [0, 0.05) is 35.8 Å². The molecule has 0 radical (unpaired) electrons. The van der Waals surface area contributed by atoms with Gasteiger partial charge in [0.25, 0.3) is 0 Å². The first-order valence-electron chi connectivity index (χ1n) is 17.2. The highest BCUT2D eigenvalue weighted by Crippen LogP contribution is 2.47. The molecule has 42 heavy (non-hydrogen) atoms. The van der Waals surface area contributed by atoms with Gasteiger partial charge in [-0.2, -0.15) is 0 Å². The SMILES string of the molecule is C#Cc1ccc2c(c1)C=C(c1cc(N3CCC(C[C@@H](C)CC4(N5CCC(C(C)C)CC5)CCC4)CC3)ccc1C)[C@@H]2C. The van der Waals surface area contributed by atoms with Crippen LogP contribution in [0.25, 0.3) is 11.6 Å². The third-order valence-corrected chi connectivity index (χ3v) is 11.9. The summed E-state index contributed by atoms with van der Waals surface area (Å²) in [6.07, 6.45) is 20.8. The lowest BCUT2D eigenvalue weighted by atomic mass is 9.67. The normalized spacial score (nSPS) is 23.8. The Morgan fingerprint density at radius 2 is 1.69 bits per heavy atom. The molecule has 2 aliphatic heterocycles. The molecule has 2 atom stereocenters. The van der Waals surface area contributed by atoms with E-state index in [0.717, 1.165) is 29.2 Å². The maximum atomic E-state index is 5.69. The summed E-state index contributed by atoms with van der Waals surface area (Å²) in [4.78, 5) is 5.59. The van der Waals surface area contributed by atoms with Crippen molar-refractivity contribution in [1.82, 2.24) is 4.90 Å². The van der Waals surface area contributed by atoms with E-state index in [4.69, 9.17) is 6.42 Å². The molecule has 2 nitrogen and oxygen atoms in total. The number of benzene rings is 2. The number of likely N-dealkylation sites (tertiary alicyclic amines) is 1. The van der Waals surface area contributed by atoms with Crippen LogP contribution in [0.15, 0.2) is 36.4 Å². The highest BCUT2D eigenvalue weighted by Gasteiger charge is 2.44. The number of piperidine rings is 2. The molecule has 224 valence electrons. The average Bonchev–Trinajstić information content (AvgIpc) is 3.31. The summed E-state index contributed by atoms with van der Waals surface area (Å²) in [5.41, 5.74) is 9.78. The summed E-state index contributed by atoms with van der Waals surface area (Å²) in [6.45, 7) is 17.1. The Balaban J connectivity index is 1.05. The molecule has 2 aromatic rings. The van der Waals surface area contributed by atoms with Gasteiger partial charge in [-0.3, -0.25) is 4.90 Å². The van der Waals surface area contributed by atoms with Crippen LogP contribution >= 0.6 is 0 Å². The van der Waals surface area contributed by atoms with Gasteiger partial charge in [0.1, 0.15) is 0 Å². The molecule has 2 heteroatoms. The molecule has 6 rings (SSSR count). The van der Waals surface area contributed by atoms with E-state index in [1.807, 2.05) is 0 Å². The van der Waals surface area contributed by atoms with Gasteiger partial charge in [-0.05, 0) is 154 Å². The average molecular weight is 563 g/mol. The molecule has 2 saturated heterocycles. The first-order valence-corrected chi connectivity index (χ1v) is 17.2. The summed E-state index contributed by atoms with van der Waals surface area (Å²) in [5.74, 6) is 6.71. The van der Waals surface area contributed by atoms with E-state index in [9.17, 15) is 0 Å². The van der Waals surface area contributed by atoms with Gasteiger partial charge in [0.15, 0.2) is 0 Å². The number of nitrogens with zero attached hydrogens (tertiary/aromatic N) is 2. The highest BCUT2D eigenvalue weighted by atomic mass is 15.2. The monoisotopic (exact) mass is 562 g/mol. The third kappa shape index (κ3) is 5.84. The molecule has 2 aliphatic carbocycles. The Bertz CT molecular complexity index is 1320. The fourth-order valence-electron chi connectivity index (χ4n) is 9.08. The lowest BCUT2D eigenvalue weighted by molar-refractivity contribution is -0.0307. The van der Waals surface area contributed by atoms with Gasteiger partial charge in [-0.25, -0.2) is 0 Å². The Hall–Kier alpha value is -2.50. The van der Waals surface area contributed by atoms with Crippen LogP contribution < -0.4 is 4.90 Å². The number of hydrogen-bond acceptors (Lipinski definition) is 2. The molecule has 2 heterocycles. The molecule has 0 bridgehead atoms. The van der Waals surface area contributed by atoms with Crippen molar-refractivity contribution in [3.63, 3.8) is 0 Å². The summed E-state index contributed by atoms with van der Waals surface area (Å²) in [7, 11) is 0. The second kappa shape index (κ2) is 12.2. The van der Waals surface area contributed by atoms with E-state index in [-0.39, 0.29) is 0 Å². The topological polar surface area (TPSA) is 6.48 Å². The van der Waals surface area contributed by atoms with Crippen molar-refractivity contribution in [2.24, 2.45) is 23.7 Å². The van der Waals surface area contributed by atoms with Crippen LogP contribution in [0.1, 0.15) is 119 Å². The van der Waals surface area contributed by atoms with Crippen LogP contribution in [0.3, 0.4) is 0 Å². The van der Waals surface area contributed by atoms with E-state index in [1.54, 1.807) is 0 Å². The van der Waals surface area contributed by atoms with E-state index < -0.39 is 0 Å². The van der Waals surface area contributed by atoms with Crippen molar-refractivity contribution in [3.05, 3.63) is 64.2 Å². The molecular weight excluding hydrogens is 508 g/mol. The molecular formula is C40H54N2. The molecule has 2 aromatic carbocycles. The smallest absolute Gasteiger partial charge is 0.0372 e. The van der Waals surface area contributed by atoms with Crippen molar-refractivity contribution >= 4 is 17.3 Å². The van der Waals surface area contributed by atoms with E-state index >= 15 is 0 Å². The van der Waals surface area contributed by atoms with Crippen molar-refractivity contribution in [1.29, 1.82) is 0 Å². The van der Waals surface area contributed by atoms with Gasteiger partial charge < -0.3 is 4.90 Å². The Kier molecular flexibility index (Phi) is 8.62. The fourth-order valence-corrected chi connectivity index (χ4v) is 9.08. The zero-order valence-electron chi connectivity index (χ0n) is 27.1. The van der Waals surface area contributed by atoms with Crippen molar-refractivity contribution in [2.45, 2.75) is 104 Å². The Morgan fingerprint density at radius 3 is 2.33 bits per heavy atom. The Labute approximate surface area is 257 Å². The second-order valence-corrected chi connectivity index (χ2v) is 14.9. The van der Waals surface area contributed by atoms with Gasteiger partial charge >= 0.3 is 0 Å². The quantitative estimate of drug-likeness (QED) is 0.296. The third-order valence-electron chi connectivity index (χ3n) is 11.9. The molecule has 4 aliphatic rings. The second-order valence-electron chi connectivity index (χ2n) is 14.9. The van der Waals surface area contributed by atoms with Crippen LogP contribution in [0.2, 0.25) is 0 Å². The summed E-state index contributed by atoms with van der Waals surface area (Å²) >= 11 is 0. The number of rotatable bonds is 8. The maximum absolute atomic E-state index is 5.69. The standard InChI is InChI=1S/C40H54N2/c1-7-32-10-12-37-31(6)39(25-35(37)24-32)38-26-36(11-9-30(38)5)41-19-13-33(14-20-41)23-29(4)27-40(17-8-18-40)42-21-15-34(16-22-42)28(2)3/h1,9-12,24-26,28-29,31,33-34H,8,13-23,27H2,2-6H3/t29-,31-/m1/s1. The molecule has 0 N–H and O–H groups in total. The number of fused-ring (bicyclic) bond motifs is 1. The molecule has 0 spiro atoms. The lowest BCUT2D eigenvalue weighted by Crippen LogP contribution is -2.57. The van der Waals surface area contributed by atoms with E-state index in [1.165, 1.54) is 117 Å². The van der Waals surface area contributed by atoms with Crippen molar-refractivity contribution in [2.75, 3.05) is 31.1 Å². The predicted octanol–water partition coefficient (Wildman–Crippen LogP) is 9.56. The summed E-state index contributed by atoms with van der Waals surface area (Å²) in [6, 6.07) is 13.6. The fraction of sp³-hybridized carbons (Fsp3) is 0.600.